The molecule has 20 heavy (non-hydrogen) atoms. The van der Waals surface area contributed by atoms with Gasteiger partial charge in [0.25, 0.3) is 0 Å². The van der Waals surface area contributed by atoms with E-state index in [1.807, 2.05) is 19.9 Å². The summed E-state index contributed by atoms with van der Waals surface area (Å²) in [7, 11) is 0. The lowest BCUT2D eigenvalue weighted by molar-refractivity contribution is -0.142. The molecular weight excluding hydrogens is 260 g/mol. The van der Waals surface area contributed by atoms with Gasteiger partial charge < -0.3 is 14.2 Å². The van der Waals surface area contributed by atoms with Gasteiger partial charge in [-0.15, -0.1) is 0 Å². The maximum Gasteiger partial charge on any atom is 0.513 e. The summed E-state index contributed by atoms with van der Waals surface area (Å²) in [6, 6.07) is 3.68. The lowest BCUT2D eigenvalue weighted by atomic mass is 10.0. The molecule has 0 unspecified atom stereocenters. The van der Waals surface area contributed by atoms with E-state index >= 15 is 0 Å². The highest BCUT2D eigenvalue weighted by Crippen LogP contribution is 2.26. The zero-order valence-electron chi connectivity index (χ0n) is 12.3. The monoisotopic (exact) mass is 280 g/mol. The fourth-order valence-corrected chi connectivity index (χ4v) is 1.92. The van der Waals surface area contributed by atoms with Crippen LogP contribution in [0.2, 0.25) is 0 Å². The molecule has 0 aromatic heterocycles. The SMILES string of the molecule is CCOC(=O)Cc1cc(C)cc(C)c1OC(=O)OCC. The molecule has 0 amide bonds. The lowest BCUT2D eigenvalue weighted by Crippen LogP contribution is -2.14. The van der Waals surface area contributed by atoms with Crippen molar-refractivity contribution in [3.8, 4) is 5.75 Å². The molecule has 0 fully saturated rings. The summed E-state index contributed by atoms with van der Waals surface area (Å²) in [6.45, 7) is 7.72. The Kier molecular flexibility index (Phi) is 6.03. The number of benzene rings is 1. The van der Waals surface area contributed by atoms with Crippen LogP contribution in [0.4, 0.5) is 4.79 Å². The third kappa shape index (κ3) is 4.57. The molecule has 1 aromatic rings. The van der Waals surface area contributed by atoms with Crippen LogP contribution < -0.4 is 4.74 Å². The van der Waals surface area contributed by atoms with E-state index in [4.69, 9.17) is 14.2 Å². The molecule has 0 atom stereocenters. The van der Waals surface area contributed by atoms with Crippen LogP contribution in [-0.2, 0) is 20.7 Å². The zero-order valence-corrected chi connectivity index (χ0v) is 12.3. The number of hydrogen-bond acceptors (Lipinski definition) is 5. The molecule has 0 saturated carbocycles. The van der Waals surface area contributed by atoms with Crippen molar-refractivity contribution in [2.45, 2.75) is 34.1 Å². The highest BCUT2D eigenvalue weighted by Gasteiger charge is 2.16. The van der Waals surface area contributed by atoms with E-state index in [0.29, 0.717) is 17.9 Å². The molecule has 110 valence electrons. The van der Waals surface area contributed by atoms with Gasteiger partial charge >= 0.3 is 12.1 Å². The summed E-state index contributed by atoms with van der Waals surface area (Å²) in [6.07, 6.45) is -0.713. The van der Waals surface area contributed by atoms with Gasteiger partial charge in [0.15, 0.2) is 0 Å². The summed E-state index contributed by atoms with van der Waals surface area (Å²) in [5, 5.41) is 0. The van der Waals surface area contributed by atoms with Crippen LogP contribution in [0.25, 0.3) is 0 Å². The van der Waals surface area contributed by atoms with Crippen LogP contribution >= 0.6 is 0 Å². The first-order valence-electron chi connectivity index (χ1n) is 6.58. The Balaban J connectivity index is 3.01. The first-order valence-corrected chi connectivity index (χ1v) is 6.58. The van der Waals surface area contributed by atoms with Crippen LogP contribution in [0, 0.1) is 13.8 Å². The minimum atomic E-state index is -0.774. The standard InChI is InChI=1S/C15H20O5/c1-5-18-13(16)9-12-8-10(3)7-11(4)14(12)20-15(17)19-6-2/h7-8H,5-6,9H2,1-4H3. The second kappa shape index (κ2) is 7.53. The van der Waals surface area contributed by atoms with Crippen LogP contribution in [-0.4, -0.2) is 25.3 Å². The van der Waals surface area contributed by atoms with Crippen LogP contribution in [0.5, 0.6) is 5.75 Å². The second-order valence-corrected chi connectivity index (χ2v) is 4.34. The molecule has 0 radical (unpaired) electrons. The molecule has 1 aromatic carbocycles. The molecule has 0 aliphatic rings. The summed E-state index contributed by atoms with van der Waals surface area (Å²) in [5.41, 5.74) is 2.38. The van der Waals surface area contributed by atoms with Crippen molar-refractivity contribution in [3.05, 3.63) is 28.8 Å². The minimum Gasteiger partial charge on any atom is -0.466 e. The third-order valence-electron chi connectivity index (χ3n) is 2.58. The van der Waals surface area contributed by atoms with E-state index in [1.54, 1.807) is 19.9 Å². The van der Waals surface area contributed by atoms with E-state index in [2.05, 4.69) is 0 Å². The van der Waals surface area contributed by atoms with Gasteiger partial charge in [0.1, 0.15) is 5.75 Å². The Bertz CT molecular complexity index is 493. The van der Waals surface area contributed by atoms with Gasteiger partial charge in [-0.05, 0) is 33.3 Å². The number of carbonyl (C=O) groups is 2. The number of ether oxygens (including phenoxy) is 3. The summed E-state index contributed by atoms with van der Waals surface area (Å²) < 4.78 is 14.9. The van der Waals surface area contributed by atoms with Crippen LogP contribution in [0.15, 0.2) is 12.1 Å². The van der Waals surface area contributed by atoms with Gasteiger partial charge in [0.05, 0.1) is 19.6 Å². The van der Waals surface area contributed by atoms with Gasteiger partial charge in [-0.2, -0.15) is 0 Å². The first-order chi connectivity index (χ1) is 9.47. The molecule has 0 aliphatic heterocycles. The predicted octanol–water partition coefficient (Wildman–Crippen LogP) is 2.94. The summed E-state index contributed by atoms with van der Waals surface area (Å²) in [4.78, 5) is 23.1. The molecule has 0 saturated heterocycles. The molecule has 1 rings (SSSR count). The van der Waals surface area contributed by atoms with E-state index in [9.17, 15) is 9.59 Å². The number of esters is 1. The fourth-order valence-electron chi connectivity index (χ4n) is 1.92. The maximum absolute atomic E-state index is 11.6. The van der Waals surface area contributed by atoms with E-state index in [1.165, 1.54) is 0 Å². The Morgan fingerprint density at radius 2 is 1.70 bits per heavy atom. The third-order valence-corrected chi connectivity index (χ3v) is 2.58. The largest absolute Gasteiger partial charge is 0.513 e. The van der Waals surface area contributed by atoms with Crippen LogP contribution in [0.1, 0.15) is 30.5 Å². The van der Waals surface area contributed by atoms with Crippen LogP contribution in [0.3, 0.4) is 0 Å². The number of carbonyl (C=O) groups excluding carboxylic acids is 2. The molecule has 0 N–H and O–H groups in total. The van der Waals surface area contributed by atoms with Gasteiger partial charge in [0.2, 0.25) is 0 Å². The predicted molar refractivity (Wildman–Crippen MR) is 73.9 cm³/mol. The summed E-state index contributed by atoms with van der Waals surface area (Å²) in [5.74, 6) is 0.00770. The fraction of sp³-hybridized carbons (Fsp3) is 0.467. The van der Waals surface area contributed by atoms with Crippen molar-refractivity contribution < 1.29 is 23.8 Å². The van der Waals surface area contributed by atoms with Gasteiger partial charge in [-0.25, -0.2) is 4.79 Å². The minimum absolute atomic E-state index is 0.0606. The van der Waals surface area contributed by atoms with Gasteiger partial charge in [-0.3, -0.25) is 4.79 Å². The van der Waals surface area contributed by atoms with Crippen molar-refractivity contribution in [3.63, 3.8) is 0 Å². The Morgan fingerprint density at radius 3 is 2.30 bits per heavy atom. The van der Waals surface area contributed by atoms with Gasteiger partial charge in [0, 0.05) is 5.56 Å². The highest BCUT2D eigenvalue weighted by atomic mass is 16.7. The molecular formula is C15H20O5. The van der Waals surface area contributed by atoms with E-state index < -0.39 is 6.16 Å². The molecule has 0 spiro atoms. The number of aryl methyl sites for hydroxylation is 2. The number of rotatable bonds is 5. The molecule has 0 bridgehead atoms. The first kappa shape index (κ1) is 16.0. The van der Waals surface area contributed by atoms with Crippen molar-refractivity contribution in [2.75, 3.05) is 13.2 Å². The topological polar surface area (TPSA) is 61.8 Å². The number of hydrogen-bond donors (Lipinski definition) is 0. The van der Waals surface area contributed by atoms with Crippen molar-refractivity contribution in [1.82, 2.24) is 0 Å². The van der Waals surface area contributed by atoms with Crippen molar-refractivity contribution in [2.24, 2.45) is 0 Å². The average molecular weight is 280 g/mol. The van der Waals surface area contributed by atoms with Gasteiger partial charge in [-0.1, -0.05) is 17.7 Å². The van der Waals surface area contributed by atoms with E-state index in [0.717, 1.165) is 11.1 Å². The van der Waals surface area contributed by atoms with Crippen molar-refractivity contribution in [1.29, 1.82) is 0 Å². The van der Waals surface area contributed by atoms with E-state index in [-0.39, 0.29) is 19.0 Å². The lowest BCUT2D eigenvalue weighted by Gasteiger charge is -2.13. The normalized spacial score (nSPS) is 10.0. The Hall–Kier alpha value is -2.04. The summed E-state index contributed by atoms with van der Waals surface area (Å²) >= 11 is 0. The quantitative estimate of drug-likeness (QED) is 0.613. The van der Waals surface area contributed by atoms with Crippen molar-refractivity contribution >= 4 is 12.1 Å². The highest BCUT2D eigenvalue weighted by molar-refractivity contribution is 5.75. The molecule has 0 heterocycles. The molecule has 5 heteroatoms. The average Bonchev–Trinajstić information content (AvgIpc) is 2.34. The zero-order chi connectivity index (χ0) is 15.1. The Labute approximate surface area is 118 Å². The Morgan fingerprint density at radius 1 is 1.05 bits per heavy atom. The smallest absolute Gasteiger partial charge is 0.466 e. The second-order valence-electron chi connectivity index (χ2n) is 4.34. The molecule has 0 aliphatic carbocycles. The molecule has 5 nitrogen and oxygen atoms in total. The maximum atomic E-state index is 11.6.